The number of nitrogens with one attached hydrogen (secondary N) is 2. The van der Waals surface area contributed by atoms with Gasteiger partial charge < -0.3 is 15.8 Å². The number of nitrogens with two attached hydrogens (primary N) is 1. The third-order valence-corrected chi connectivity index (χ3v) is 4.52. The van der Waals surface area contributed by atoms with E-state index in [1.165, 1.54) is 0 Å². The number of amidine groups is 1. The van der Waals surface area contributed by atoms with Gasteiger partial charge in [-0.05, 0) is 43.2 Å². The molecule has 2 aromatic carbocycles. The van der Waals surface area contributed by atoms with Crippen LogP contribution in [0.25, 0.3) is 6.08 Å². The fourth-order valence-corrected chi connectivity index (χ4v) is 3.05. The van der Waals surface area contributed by atoms with Crippen molar-refractivity contribution in [2.45, 2.75) is 19.3 Å². The summed E-state index contributed by atoms with van der Waals surface area (Å²) in [5.74, 6) is 1.02. The summed E-state index contributed by atoms with van der Waals surface area (Å²) in [4.78, 5) is 12.3. The summed E-state index contributed by atoms with van der Waals surface area (Å²) in [5.41, 5.74) is 9.01. The molecule has 1 unspecified atom stereocenters. The third kappa shape index (κ3) is 4.11. The SMILES string of the molecule is C/C(=C\c1ccccc1)C(=O)NCCC1COc2ccc(C(=N)N)cc21. The summed E-state index contributed by atoms with van der Waals surface area (Å²) in [6.45, 7) is 2.97. The van der Waals surface area contributed by atoms with E-state index in [0.717, 1.165) is 23.3 Å². The fourth-order valence-electron chi connectivity index (χ4n) is 3.05. The van der Waals surface area contributed by atoms with E-state index >= 15 is 0 Å². The van der Waals surface area contributed by atoms with Crippen LogP contribution in [0.1, 0.15) is 36.0 Å². The Labute approximate surface area is 153 Å². The van der Waals surface area contributed by atoms with Gasteiger partial charge in [0.25, 0.3) is 0 Å². The Morgan fingerprint density at radius 3 is 2.81 bits per heavy atom. The molecule has 1 aliphatic rings. The van der Waals surface area contributed by atoms with Crippen molar-refractivity contribution in [3.63, 3.8) is 0 Å². The van der Waals surface area contributed by atoms with Crippen LogP contribution >= 0.6 is 0 Å². The Balaban J connectivity index is 1.56. The van der Waals surface area contributed by atoms with Gasteiger partial charge in [0.1, 0.15) is 11.6 Å². The molecule has 3 rings (SSSR count). The largest absolute Gasteiger partial charge is 0.493 e. The average Bonchev–Trinajstić information content (AvgIpc) is 3.04. The van der Waals surface area contributed by atoms with Crippen LogP contribution in [0.15, 0.2) is 54.1 Å². The second-order valence-corrected chi connectivity index (χ2v) is 6.46. The number of carbonyl (C=O) groups is 1. The van der Waals surface area contributed by atoms with E-state index in [0.29, 0.717) is 24.3 Å². The highest BCUT2D eigenvalue weighted by Crippen LogP contribution is 2.36. The molecule has 0 radical (unpaired) electrons. The number of benzene rings is 2. The van der Waals surface area contributed by atoms with Crippen LogP contribution in [0, 0.1) is 5.41 Å². The maximum atomic E-state index is 12.3. The third-order valence-electron chi connectivity index (χ3n) is 4.52. The Morgan fingerprint density at radius 1 is 1.31 bits per heavy atom. The molecule has 5 heteroatoms. The molecule has 0 aliphatic carbocycles. The van der Waals surface area contributed by atoms with Gasteiger partial charge in [-0.2, -0.15) is 0 Å². The van der Waals surface area contributed by atoms with Crippen LogP contribution in [0.2, 0.25) is 0 Å². The van der Waals surface area contributed by atoms with Crippen LogP contribution < -0.4 is 15.8 Å². The molecule has 26 heavy (non-hydrogen) atoms. The molecule has 1 atom stereocenters. The maximum Gasteiger partial charge on any atom is 0.246 e. The second kappa shape index (κ2) is 7.87. The quantitative estimate of drug-likeness (QED) is 0.425. The Kier molecular flexibility index (Phi) is 5.37. The molecular weight excluding hydrogens is 326 g/mol. The van der Waals surface area contributed by atoms with Crippen molar-refractivity contribution in [3.8, 4) is 5.75 Å². The van der Waals surface area contributed by atoms with Gasteiger partial charge in [-0.1, -0.05) is 30.3 Å². The van der Waals surface area contributed by atoms with Gasteiger partial charge in [-0.25, -0.2) is 0 Å². The maximum absolute atomic E-state index is 12.3. The van der Waals surface area contributed by atoms with Crippen LogP contribution in [0.3, 0.4) is 0 Å². The number of carbonyl (C=O) groups excluding carboxylic acids is 1. The van der Waals surface area contributed by atoms with Crippen molar-refractivity contribution >= 4 is 17.8 Å². The second-order valence-electron chi connectivity index (χ2n) is 6.46. The molecule has 1 heterocycles. The highest BCUT2D eigenvalue weighted by atomic mass is 16.5. The van der Waals surface area contributed by atoms with E-state index in [1.807, 2.05) is 55.5 Å². The molecule has 5 nitrogen and oxygen atoms in total. The lowest BCUT2D eigenvalue weighted by molar-refractivity contribution is -0.117. The lowest BCUT2D eigenvalue weighted by atomic mass is 9.96. The lowest BCUT2D eigenvalue weighted by Crippen LogP contribution is -2.26. The summed E-state index contributed by atoms with van der Waals surface area (Å²) in [5, 5.41) is 10.5. The minimum atomic E-state index is -0.0644. The minimum Gasteiger partial charge on any atom is -0.493 e. The monoisotopic (exact) mass is 349 g/mol. The first-order chi connectivity index (χ1) is 12.5. The number of amides is 1. The molecule has 134 valence electrons. The van der Waals surface area contributed by atoms with E-state index in [1.54, 1.807) is 6.07 Å². The highest BCUT2D eigenvalue weighted by Gasteiger charge is 2.24. The number of hydrogen-bond acceptors (Lipinski definition) is 3. The van der Waals surface area contributed by atoms with Gasteiger partial charge in [0, 0.05) is 29.2 Å². The molecule has 2 aromatic rings. The van der Waals surface area contributed by atoms with E-state index < -0.39 is 0 Å². The topological polar surface area (TPSA) is 88.2 Å². The van der Waals surface area contributed by atoms with Gasteiger partial charge >= 0.3 is 0 Å². The summed E-state index contributed by atoms with van der Waals surface area (Å²) >= 11 is 0. The van der Waals surface area contributed by atoms with Crippen LogP contribution in [0.5, 0.6) is 5.75 Å². The van der Waals surface area contributed by atoms with Crippen molar-refractivity contribution < 1.29 is 9.53 Å². The van der Waals surface area contributed by atoms with E-state index in [9.17, 15) is 4.79 Å². The molecule has 0 saturated heterocycles. The van der Waals surface area contributed by atoms with E-state index in [4.69, 9.17) is 15.9 Å². The molecule has 0 bridgehead atoms. The summed E-state index contributed by atoms with van der Waals surface area (Å²) in [6, 6.07) is 15.4. The van der Waals surface area contributed by atoms with Gasteiger partial charge in [-0.3, -0.25) is 10.2 Å². The first-order valence-corrected chi connectivity index (χ1v) is 8.67. The zero-order valence-corrected chi connectivity index (χ0v) is 14.8. The molecular formula is C21H23N3O2. The first kappa shape index (κ1) is 17.7. The van der Waals surface area contributed by atoms with Gasteiger partial charge in [-0.15, -0.1) is 0 Å². The van der Waals surface area contributed by atoms with Gasteiger partial charge in [0.2, 0.25) is 5.91 Å². The van der Waals surface area contributed by atoms with Crippen LogP contribution in [-0.4, -0.2) is 24.9 Å². The van der Waals surface area contributed by atoms with Gasteiger partial charge in [0.15, 0.2) is 0 Å². The molecule has 0 fully saturated rings. The molecule has 1 aliphatic heterocycles. The predicted molar refractivity (Wildman–Crippen MR) is 103 cm³/mol. The first-order valence-electron chi connectivity index (χ1n) is 8.67. The average molecular weight is 349 g/mol. The summed E-state index contributed by atoms with van der Waals surface area (Å²) in [6.07, 6.45) is 2.65. The van der Waals surface area contributed by atoms with Crippen molar-refractivity contribution in [3.05, 3.63) is 70.8 Å². The fraction of sp³-hybridized carbons (Fsp3) is 0.238. The lowest BCUT2D eigenvalue weighted by Gasteiger charge is -2.11. The smallest absolute Gasteiger partial charge is 0.246 e. The number of fused-ring (bicyclic) bond motifs is 1. The Morgan fingerprint density at radius 2 is 2.08 bits per heavy atom. The van der Waals surface area contributed by atoms with Crippen molar-refractivity contribution in [1.29, 1.82) is 5.41 Å². The number of ether oxygens (including phenoxy) is 1. The predicted octanol–water partition coefficient (Wildman–Crippen LogP) is 3.06. The number of rotatable bonds is 6. The molecule has 0 saturated carbocycles. The zero-order chi connectivity index (χ0) is 18.5. The molecule has 0 spiro atoms. The van der Waals surface area contributed by atoms with E-state index in [2.05, 4.69) is 5.32 Å². The standard InChI is InChI=1S/C21H23N3O2/c1-14(11-15-5-3-2-4-6-15)21(25)24-10-9-17-13-26-19-8-7-16(20(22)23)12-18(17)19/h2-8,11-12,17H,9-10,13H2,1H3,(H3,22,23)(H,24,25)/b14-11+. The minimum absolute atomic E-state index is 0.0495. The molecule has 1 amide bonds. The van der Waals surface area contributed by atoms with Crippen molar-refractivity contribution in [2.75, 3.05) is 13.2 Å². The van der Waals surface area contributed by atoms with Crippen LogP contribution in [-0.2, 0) is 4.79 Å². The zero-order valence-electron chi connectivity index (χ0n) is 14.8. The summed E-state index contributed by atoms with van der Waals surface area (Å²) < 4.78 is 5.69. The molecule has 4 N–H and O–H groups in total. The van der Waals surface area contributed by atoms with E-state index in [-0.39, 0.29) is 17.7 Å². The van der Waals surface area contributed by atoms with Gasteiger partial charge in [0.05, 0.1) is 6.61 Å². The van der Waals surface area contributed by atoms with Crippen LogP contribution in [0.4, 0.5) is 0 Å². The van der Waals surface area contributed by atoms with Crippen molar-refractivity contribution in [2.24, 2.45) is 5.73 Å². The Hall–Kier alpha value is -3.08. The Bertz CT molecular complexity index is 844. The number of hydrogen-bond donors (Lipinski definition) is 3. The normalized spacial score (nSPS) is 15.9. The molecule has 0 aromatic heterocycles. The van der Waals surface area contributed by atoms with Crippen molar-refractivity contribution in [1.82, 2.24) is 5.32 Å². The number of nitrogen functional groups attached to an aromatic ring is 1. The highest BCUT2D eigenvalue weighted by molar-refractivity contribution is 5.97. The summed E-state index contributed by atoms with van der Waals surface area (Å²) in [7, 11) is 0.